The highest BCUT2D eigenvalue weighted by atomic mass is 32.2. The van der Waals surface area contributed by atoms with Crippen molar-refractivity contribution in [3.8, 4) is 0 Å². The largest absolute Gasteiger partial charge is 0.436 e. The predicted octanol–water partition coefficient (Wildman–Crippen LogP) is 4.00. The minimum atomic E-state index is 0.722. The Morgan fingerprint density at radius 3 is 2.75 bits per heavy atom. The number of oxazole rings is 1. The van der Waals surface area contributed by atoms with Crippen molar-refractivity contribution >= 4 is 11.8 Å². The topological polar surface area (TPSA) is 38.1 Å². The van der Waals surface area contributed by atoms with Crippen LogP contribution in [-0.2, 0) is 6.54 Å². The van der Waals surface area contributed by atoms with Crippen molar-refractivity contribution < 1.29 is 4.42 Å². The van der Waals surface area contributed by atoms with E-state index in [0.29, 0.717) is 0 Å². The molecule has 1 N–H and O–H groups in total. The lowest BCUT2D eigenvalue weighted by molar-refractivity contribution is 0.431. The van der Waals surface area contributed by atoms with Crippen LogP contribution in [0.15, 0.2) is 32.7 Å². The van der Waals surface area contributed by atoms with Gasteiger partial charge in [-0.25, -0.2) is 4.98 Å². The molecule has 0 aliphatic heterocycles. The Morgan fingerprint density at radius 2 is 2.10 bits per heavy atom. The van der Waals surface area contributed by atoms with Crippen molar-refractivity contribution in [2.45, 2.75) is 56.3 Å². The molecule has 1 heterocycles. The van der Waals surface area contributed by atoms with Gasteiger partial charge in [0.1, 0.15) is 5.76 Å². The summed E-state index contributed by atoms with van der Waals surface area (Å²) in [7, 11) is 0. The van der Waals surface area contributed by atoms with Gasteiger partial charge in [-0.3, -0.25) is 0 Å². The summed E-state index contributed by atoms with van der Waals surface area (Å²) in [4.78, 5) is 5.68. The maximum atomic E-state index is 5.67. The molecule has 106 valence electrons. The molecule has 0 atom stereocenters. The number of rotatable bonds is 5. The van der Waals surface area contributed by atoms with E-state index in [9.17, 15) is 0 Å². The van der Waals surface area contributed by atoms with Crippen molar-refractivity contribution in [2.75, 3.05) is 0 Å². The Balaban J connectivity index is 1.79. The van der Waals surface area contributed by atoms with Gasteiger partial charge in [0.25, 0.3) is 5.22 Å². The molecule has 1 fully saturated rings. The predicted molar refractivity (Wildman–Crippen MR) is 81.1 cm³/mol. The van der Waals surface area contributed by atoms with Crippen LogP contribution in [0.3, 0.4) is 0 Å². The van der Waals surface area contributed by atoms with E-state index in [1.807, 2.05) is 13.8 Å². The quantitative estimate of drug-likeness (QED) is 0.902. The standard InChI is InChI=1S/C16H20N2OS/c1-10-4-7-15(13(8-10)9-17-14-5-6-14)20-16-18-11(2)12(3)19-16/h4,7-8,14,17H,5-6,9H2,1-3H3. The number of aromatic nitrogens is 1. The first kappa shape index (κ1) is 13.7. The van der Waals surface area contributed by atoms with Gasteiger partial charge in [0.15, 0.2) is 0 Å². The minimum Gasteiger partial charge on any atom is -0.436 e. The summed E-state index contributed by atoms with van der Waals surface area (Å²) in [5.74, 6) is 0.900. The zero-order valence-electron chi connectivity index (χ0n) is 12.2. The fourth-order valence-corrected chi connectivity index (χ4v) is 3.00. The van der Waals surface area contributed by atoms with Crippen LogP contribution < -0.4 is 5.32 Å². The molecule has 0 saturated heterocycles. The van der Waals surface area contributed by atoms with Gasteiger partial charge >= 0.3 is 0 Å². The van der Waals surface area contributed by atoms with E-state index in [4.69, 9.17) is 4.42 Å². The van der Waals surface area contributed by atoms with Gasteiger partial charge in [-0.1, -0.05) is 17.7 Å². The highest BCUT2D eigenvalue weighted by molar-refractivity contribution is 7.99. The van der Waals surface area contributed by atoms with Crippen LogP contribution in [-0.4, -0.2) is 11.0 Å². The maximum absolute atomic E-state index is 5.67. The second-order valence-electron chi connectivity index (χ2n) is 5.49. The van der Waals surface area contributed by atoms with Crippen molar-refractivity contribution in [3.05, 3.63) is 40.8 Å². The molecule has 3 nitrogen and oxygen atoms in total. The lowest BCUT2D eigenvalue weighted by Gasteiger charge is -2.09. The second-order valence-corrected chi connectivity index (χ2v) is 6.48. The Bertz CT molecular complexity index is 597. The van der Waals surface area contributed by atoms with E-state index >= 15 is 0 Å². The number of nitrogens with one attached hydrogen (secondary N) is 1. The van der Waals surface area contributed by atoms with Crippen LogP contribution in [0, 0.1) is 20.8 Å². The molecule has 4 heteroatoms. The van der Waals surface area contributed by atoms with E-state index in [0.717, 1.165) is 29.3 Å². The third kappa shape index (κ3) is 3.25. The van der Waals surface area contributed by atoms with Crippen LogP contribution in [0.2, 0.25) is 0 Å². The smallest absolute Gasteiger partial charge is 0.261 e. The fourth-order valence-electron chi connectivity index (χ4n) is 2.07. The van der Waals surface area contributed by atoms with Crippen LogP contribution >= 0.6 is 11.8 Å². The van der Waals surface area contributed by atoms with Gasteiger partial charge in [-0.15, -0.1) is 0 Å². The summed E-state index contributed by atoms with van der Waals surface area (Å²) in [6.07, 6.45) is 2.62. The van der Waals surface area contributed by atoms with Gasteiger partial charge in [-0.2, -0.15) is 0 Å². The maximum Gasteiger partial charge on any atom is 0.261 e. The number of hydrogen-bond acceptors (Lipinski definition) is 4. The Kier molecular flexibility index (Phi) is 3.85. The average Bonchev–Trinajstić information content (AvgIpc) is 3.17. The van der Waals surface area contributed by atoms with Crippen LogP contribution in [0.1, 0.15) is 35.4 Å². The molecule has 1 aliphatic carbocycles. The van der Waals surface area contributed by atoms with Gasteiger partial charge in [0.05, 0.1) is 5.69 Å². The van der Waals surface area contributed by atoms with Crippen molar-refractivity contribution in [3.63, 3.8) is 0 Å². The highest BCUT2D eigenvalue weighted by Crippen LogP contribution is 2.32. The summed E-state index contributed by atoms with van der Waals surface area (Å²) >= 11 is 1.61. The highest BCUT2D eigenvalue weighted by Gasteiger charge is 2.20. The summed E-state index contributed by atoms with van der Waals surface area (Å²) in [6.45, 7) is 6.99. The zero-order chi connectivity index (χ0) is 14.1. The molecular weight excluding hydrogens is 268 g/mol. The first-order valence-electron chi connectivity index (χ1n) is 7.06. The molecule has 1 saturated carbocycles. The molecule has 1 aromatic carbocycles. The molecular formula is C16H20N2OS. The minimum absolute atomic E-state index is 0.722. The number of benzene rings is 1. The summed E-state index contributed by atoms with van der Waals surface area (Å²) < 4.78 is 5.67. The van der Waals surface area contributed by atoms with Crippen LogP contribution in [0.25, 0.3) is 0 Å². The lowest BCUT2D eigenvalue weighted by atomic mass is 10.1. The number of hydrogen-bond donors (Lipinski definition) is 1. The monoisotopic (exact) mass is 288 g/mol. The van der Waals surface area contributed by atoms with Gasteiger partial charge < -0.3 is 9.73 Å². The summed E-state index contributed by atoms with van der Waals surface area (Å²) in [5.41, 5.74) is 3.59. The van der Waals surface area contributed by atoms with E-state index in [1.54, 1.807) is 11.8 Å². The van der Waals surface area contributed by atoms with Gasteiger partial charge in [0, 0.05) is 17.5 Å². The molecule has 0 unspecified atom stereocenters. The molecule has 0 spiro atoms. The third-order valence-electron chi connectivity index (χ3n) is 3.58. The molecule has 20 heavy (non-hydrogen) atoms. The molecule has 0 bridgehead atoms. The fraction of sp³-hybridized carbons (Fsp3) is 0.438. The van der Waals surface area contributed by atoms with E-state index in [1.165, 1.54) is 28.9 Å². The van der Waals surface area contributed by atoms with E-state index < -0.39 is 0 Å². The first-order chi connectivity index (χ1) is 9.61. The second kappa shape index (κ2) is 5.62. The molecule has 2 aromatic rings. The number of aryl methyl sites for hydroxylation is 3. The average molecular weight is 288 g/mol. The van der Waals surface area contributed by atoms with Crippen molar-refractivity contribution in [1.82, 2.24) is 10.3 Å². The van der Waals surface area contributed by atoms with Gasteiger partial charge in [-0.05, 0) is 57.0 Å². The molecule has 0 radical (unpaired) electrons. The SMILES string of the molecule is Cc1ccc(Sc2nc(C)c(C)o2)c(CNC2CC2)c1. The zero-order valence-corrected chi connectivity index (χ0v) is 13.0. The van der Waals surface area contributed by atoms with Gasteiger partial charge in [0.2, 0.25) is 0 Å². The van der Waals surface area contributed by atoms with Crippen LogP contribution in [0.4, 0.5) is 0 Å². The summed E-state index contributed by atoms with van der Waals surface area (Å²) in [6, 6.07) is 7.28. The Hall–Kier alpha value is -1.26. The third-order valence-corrected chi connectivity index (χ3v) is 4.55. The summed E-state index contributed by atoms with van der Waals surface area (Å²) in [5, 5.41) is 4.31. The van der Waals surface area contributed by atoms with Crippen molar-refractivity contribution in [1.29, 1.82) is 0 Å². The van der Waals surface area contributed by atoms with Crippen LogP contribution in [0.5, 0.6) is 0 Å². The molecule has 1 aromatic heterocycles. The molecule has 3 rings (SSSR count). The van der Waals surface area contributed by atoms with Crippen molar-refractivity contribution in [2.24, 2.45) is 0 Å². The number of nitrogens with zero attached hydrogens (tertiary/aromatic N) is 1. The van der Waals surface area contributed by atoms with E-state index in [2.05, 4.69) is 35.4 Å². The molecule has 0 amide bonds. The Morgan fingerprint density at radius 1 is 1.30 bits per heavy atom. The molecule has 1 aliphatic rings. The lowest BCUT2D eigenvalue weighted by Crippen LogP contribution is -2.15. The normalized spacial score (nSPS) is 14.8. The first-order valence-corrected chi connectivity index (χ1v) is 7.88. The Labute approximate surface area is 124 Å². The van der Waals surface area contributed by atoms with E-state index in [-0.39, 0.29) is 0 Å².